The fraction of sp³-hybridized carbons (Fsp3) is 0.174. The lowest BCUT2D eigenvalue weighted by atomic mass is 10.1. The van der Waals surface area contributed by atoms with Gasteiger partial charge in [-0.25, -0.2) is 9.78 Å². The van der Waals surface area contributed by atoms with Gasteiger partial charge in [-0.15, -0.1) is 0 Å². The Morgan fingerprint density at radius 1 is 0.903 bits per heavy atom. The molecular formula is C23H21N5O3. The van der Waals surface area contributed by atoms with Crippen LogP contribution in [0.2, 0.25) is 0 Å². The molecule has 0 radical (unpaired) electrons. The van der Waals surface area contributed by atoms with Crippen molar-refractivity contribution < 1.29 is 4.79 Å². The number of carbonyl (C=O) groups is 1. The van der Waals surface area contributed by atoms with E-state index in [0.717, 1.165) is 10.1 Å². The zero-order valence-electron chi connectivity index (χ0n) is 16.8. The van der Waals surface area contributed by atoms with Crippen LogP contribution >= 0.6 is 0 Å². The number of rotatable bonds is 7. The maximum absolute atomic E-state index is 13.1. The molecule has 0 unspecified atom stereocenters. The Labute approximate surface area is 177 Å². The number of pyridine rings is 2. The van der Waals surface area contributed by atoms with Crippen molar-refractivity contribution in [3.63, 3.8) is 0 Å². The molecule has 156 valence electrons. The molecular weight excluding hydrogens is 394 g/mol. The molecule has 0 saturated heterocycles. The fourth-order valence-electron chi connectivity index (χ4n) is 3.40. The summed E-state index contributed by atoms with van der Waals surface area (Å²) in [4.78, 5) is 46.8. The van der Waals surface area contributed by atoms with Gasteiger partial charge in [-0.05, 0) is 35.7 Å². The standard InChI is InChI=1S/C23H21N5O3/c29-20(25-13-10-17-6-2-1-3-7-17)16-27-19-9-5-12-26-21(19)22(30)28(23(27)31)15-18-8-4-11-24-14-18/h1-9,11-12,14H,10,13,15-16H2,(H,25,29). The zero-order valence-corrected chi connectivity index (χ0v) is 16.8. The summed E-state index contributed by atoms with van der Waals surface area (Å²) in [7, 11) is 0. The number of hydrogen-bond donors (Lipinski definition) is 1. The predicted molar refractivity (Wildman–Crippen MR) is 117 cm³/mol. The molecule has 1 aromatic carbocycles. The summed E-state index contributed by atoms with van der Waals surface area (Å²) >= 11 is 0. The van der Waals surface area contributed by atoms with Crippen LogP contribution in [0.3, 0.4) is 0 Å². The molecule has 0 bridgehead atoms. The van der Waals surface area contributed by atoms with Gasteiger partial charge in [0, 0.05) is 25.1 Å². The summed E-state index contributed by atoms with van der Waals surface area (Å²) in [5.41, 5.74) is 1.23. The molecule has 3 aromatic heterocycles. The Morgan fingerprint density at radius 3 is 2.45 bits per heavy atom. The summed E-state index contributed by atoms with van der Waals surface area (Å²) in [6, 6.07) is 16.6. The van der Waals surface area contributed by atoms with Crippen molar-refractivity contribution >= 4 is 16.9 Å². The van der Waals surface area contributed by atoms with Gasteiger partial charge in [0.05, 0.1) is 12.1 Å². The summed E-state index contributed by atoms with van der Waals surface area (Å²) in [5, 5.41) is 2.84. The highest BCUT2D eigenvalue weighted by atomic mass is 16.2. The van der Waals surface area contributed by atoms with E-state index in [-0.39, 0.29) is 24.5 Å². The molecule has 0 aliphatic heterocycles. The Bertz CT molecular complexity index is 1310. The largest absolute Gasteiger partial charge is 0.354 e. The lowest BCUT2D eigenvalue weighted by molar-refractivity contribution is -0.121. The van der Waals surface area contributed by atoms with Crippen molar-refractivity contribution in [2.45, 2.75) is 19.5 Å². The van der Waals surface area contributed by atoms with E-state index >= 15 is 0 Å². The zero-order chi connectivity index (χ0) is 21.6. The Balaban J connectivity index is 1.61. The first-order chi connectivity index (χ1) is 15.1. The molecule has 8 nitrogen and oxygen atoms in total. The van der Waals surface area contributed by atoms with Crippen LogP contribution in [0, 0.1) is 0 Å². The molecule has 0 saturated carbocycles. The van der Waals surface area contributed by atoms with Gasteiger partial charge in [-0.2, -0.15) is 0 Å². The van der Waals surface area contributed by atoms with Gasteiger partial charge in [0.1, 0.15) is 6.54 Å². The van der Waals surface area contributed by atoms with E-state index in [4.69, 9.17) is 0 Å². The van der Waals surface area contributed by atoms with Crippen LogP contribution in [0.25, 0.3) is 11.0 Å². The number of carbonyl (C=O) groups excluding carboxylic acids is 1. The quantitative estimate of drug-likeness (QED) is 0.491. The molecule has 0 aliphatic rings. The SMILES string of the molecule is O=C(Cn1c(=O)n(Cc2cccnc2)c(=O)c2ncccc21)NCCc1ccccc1. The average Bonchev–Trinajstić information content (AvgIpc) is 2.81. The first kappa shape index (κ1) is 20.2. The van der Waals surface area contributed by atoms with E-state index in [2.05, 4.69) is 15.3 Å². The number of nitrogens with zero attached hydrogens (tertiary/aromatic N) is 4. The number of aromatic nitrogens is 4. The first-order valence-corrected chi connectivity index (χ1v) is 9.91. The van der Waals surface area contributed by atoms with Crippen molar-refractivity contribution in [2.75, 3.05) is 6.54 Å². The molecule has 3 heterocycles. The summed E-state index contributed by atoms with van der Waals surface area (Å²) in [6.07, 6.45) is 5.39. The number of hydrogen-bond acceptors (Lipinski definition) is 5. The lowest BCUT2D eigenvalue weighted by Crippen LogP contribution is -2.43. The van der Waals surface area contributed by atoms with Crippen LogP contribution < -0.4 is 16.6 Å². The van der Waals surface area contributed by atoms with Crippen molar-refractivity contribution in [2.24, 2.45) is 0 Å². The molecule has 1 amide bonds. The van der Waals surface area contributed by atoms with E-state index in [1.54, 1.807) is 36.7 Å². The van der Waals surface area contributed by atoms with Crippen LogP contribution in [0.4, 0.5) is 0 Å². The molecule has 0 atom stereocenters. The van der Waals surface area contributed by atoms with Crippen LogP contribution in [0.15, 0.2) is 82.8 Å². The molecule has 1 N–H and O–H groups in total. The van der Waals surface area contributed by atoms with Crippen LogP contribution in [-0.2, 0) is 24.3 Å². The van der Waals surface area contributed by atoms with Crippen LogP contribution in [0.5, 0.6) is 0 Å². The van der Waals surface area contributed by atoms with Crippen molar-refractivity contribution in [1.29, 1.82) is 0 Å². The highest BCUT2D eigenvalue weighted by molar-refractivity contribution is 5.79. The average molecular weight is 415 g/mol. The monoisotopic (exact) mass is 415 g/mol. The van der Waals surface area contributed by atoms with E-state index in [1.165, 1.54) is 10.8 Å². The molecule has 0 spiro atoms. The first-order valence-electron chi connectivity index (χ1n) is 9.91. The summed E-state index contributed by atoms with van der Waals surface area (Å²) < 4.78 is 2.38. The molecule has 0 aliphatic carbocycles. The minimum atomic E-state index is -0.562. The van der Waals surface area contributed by atoms with Gasteiger partial charge in [0.25, 0.3) is 5.56 Å². The van der Waals surface area contributed by atoms with Gasteiger partial charge in [-0.3, -0.25) is 23.7 Å². The maximum atomic E-state index is 13.1. The van der Waals surface area contributed by atoms with Crippen molar-refractivity contribution in [3.05, 3.63) is 105 Å². The predicted octanol–water partition coefficient (Wildman–Crippen LogP) is 1.36. The number of nitrogens with one attached hydrogen (secondary N) is 1. The second-order valence-corrected chi connectivity index (χ2v) is 7.08. The molecule has 4 aromatic rings. The van der Waals surface area contributed by atoms with E-state index < -0.39 is 11.2 Å². The molecule has 8 heteroatoms. The van der Waals surface area contributed by atoms with E-state index in [0.29, 0.717) is 24.0 Å². The third-order valence-corrected chi connectivity index (χ3v) is 4.93. The highest BCUT2D eigenvalue weighted by Gasteiger charge is 2.16. The third kappa shape index (κ3) is 4.58. The normalized spacial score (nSPS) is 10.8. The summed E-state index contributed by atoms with van der Waals surface area (Å²) in [6.45, 7) is 0.292. The summed E-state index contributed by atoms with van der Waals surface area (Å²) in [5.74, 6) is -0.310. The third-order valence-electron chi connectivity index (χ3n) is 4.93. The Morgan fingerprint density at radius 2 is 1.68 bits per heavy atom. The highest BCUT2D eigenvalue weighted by Crippen LogP contribution is 2.06. The van der Waals surface area contributed by atoms with Gasteiger partial charge >= 0.3 is 5.69 Å². The van der Waals surface area contributed by atoms with E-state index in [9.17, 15) is 14.4 Å². The maximum Gasteiger partial charge on any atom is 0.332 e. The number of amides is 1. The Hall–Kier alpha value is -4.07. The van der Waals surface area contributed by atoms with Gasteiger partial charge < -0.3 is 5.32 Å². The fourth-order valence-corrected chi connectivity index (χ4v) is 3.40. The van der Waals surface area contributed by atoms with Gasteiger partial charge in [-0.1, -0.05) is 36.4 Å². The van der Waals surface area contributed by atoms with Gasteiger partial charge in [0.15, 0.2) is 5.52 Å². The second kappa shape index (κ2) is 9.17. The number of benzene rings is 1. The second-order valence-electron chi connectivity index (χ2n) is 7.08. The van der Waals surface area contributed by atoms with Crippen molar-refractivity contribution in [1.82, 2.24) is 24.4 Å². The molecule has 31 heavy (non-hydrogen) atoms. The van der Waals surface area contributed by atoms with E-state index in [1.807, 2.05) is 30.3 Å². The Kier molecular flexibility index (Phi) is 5.98. The molecule has 0 fully saturated rings. The van der Waals surface area contributed by atoms with Gasteiger partial charge in [0.2, 0.25) is 5.91 Å². The minimum Gasteiger partial charge on any atom is -0.354 e. The van der Waals surface area contributed by atoms with Crippen molar-refractivity contribution in [3.8, 4) is 0 Å². The smallest absolute Gasteiger partial charge is 0.332 e. The van der Waals surface area contributed by atoms with Crippen LogP contribution in [0.1, 0.15) is 11.1 Å². The van der Waals surface area contributed by atoms with Crippen LogP contribution in [-0.4, -0.2) is 31.6 Å². The molecule has 4 rings (SSSR count). The number of fused-ring (bicyclic) bond motifs is 1. The minimum absolute atomic E-state index is 0.0493. The topological polar surface area (TPSA) is 98.9 Å². The lowest BCUT2D eigenvalue weighted by Gasteiger charge is -2.13.